The van der Waals surface area contributed by atoms with Crippen molar-refractivity contribution in [3.63, 3.8) is 0 Å². The summed E-state index contributed by atoms with van der Waals surface area (Å²) in [6.07, 6.45) is 14.4. The van der Waals surface area contributed by atoms with Gasteiger partial charge in [0.25, 0.3) is 0 Å². The topological polar surface area (TPSA) is 34.1 Å². The van der Waals surface area contributed by atoms with Crippen molar-refractivity contribution in [1.29, 1.82) is 0 Å². The van der Waals surface area contributed by atoms with Crippen molar-refractivity contribution in [2.75, 3.05) is 0 Å². The molecule has 0 bridgehead atoms. The van der Waals surface area contributed by atoms with Crippen molar-refractivity contribution in [1.82, 2.24) is 0 Å². The molecule has 1 aliphatic rings. The van der Waals surface area contributed by atoms with E-state index >= 15 is 0 Å². The minimum atomic E-state index is -0.00526. The van der Waals surface area contributed by atoms with Crippen LogP contribution in [0.5, 0.6) is 0 Å². The standard InChI is InChI=1S/C31H46O2/c1-22(2)12-9-13-23(3)14-10-15-24(4)16-11-17-25(5)20-21-27-26(6)30(32)28-18-7-8-19-29(28)31(27)33/h7-8,18-20,22-24H,9-17,21H2,1-6H3/b25-20+/t23-,24+/m1/s1. The maximum atomic E-state index is 12.9. The molecular formula is C31H46O2. The van der Waals surface area contributed by atoms with Crippen LogP contribution in [-0.2, 0) is 0 Å². The summed E-state index contributed by atoms with van der Waals surface area (Å²) < 4.78 is 0. The number of fused-ring (bicyclic) bond motifs is 1. The number of hydrogen-bond acceptors (Lipinski definition) is 2. The van der Waals surface area contributed by atoms with Crippen LogP contribution in [0, 0.1) is 17.8 Å². The molecule has 2 nitrogen and oxygen atoms in total. The molecule has 0 aromatic heterocycles. The fourth-order valence-corrected chi connectivity index (χ4v) is 4.88. The third-order valence-electron chi connectivity index (χ3n) is 7.28. The second-order valence-corrected chi connectivity index (χ2v) is 10.9. The molecular weight excluding hydrogens is 404 g/mol. The predicted molar refractivity (Wildman–Crippen MR) is 141 cm³/mol. The highest BCUT2D eigenvalue weighted by Crippen LogP contribution is 2.29. The van der Waals surface area contributed by atoms with Gasteiger partial charge in [-0.3, -0.25) is 9.59 Å². The Morgan fingerprint density at radius 3 is 1.88 bits per heavy atom. The number of rotatable bonds is 14. The monoisotopic (exact) mass is 450 g/mol. The Bertz CT molecular complexity index is 855. The van der Waals surface area contributed by atoms with Crippen molar-refractivity contribution in [2.45, 2.75) is 106 Å². The first-order valence-corrected chi connectivity index (χ1v) is 13.2. The van der Waals surface area contributed by atoms with Crippen molar-refractivity contribution < 1.29 is 9.59 Å². The molecule has 0 saturated heterocycles. The van der Waals surface area contributed by atoms with Gasteiger partial charge in [0.2, 0.25) is 0 Å². The summed E-state index contributed by atoms with van der Waals surface area (Å²) in [4.78, 5) is 25.5. The summed E-state index contributed by atoms with van der Waals surface area (Å²) in [6, 6.07) is 7.18. The van der Waals surface area contributed by atoms with E-state index in [1.165, 1.54) is 56.9 Å². The lowest BCUT2D eigenvalue weighted by Gasteiger charge is -2.18. The van der Waals surface area contributed by atoms with Crippen molar-refractivity contribution in [3.8, 4) is 0 Å². The van der Waals surface area contributed by atoms with E-state index in [0.29, 0.717) is 28.7 Å². The molecule has 2 atom stereocenters. The predicted octanol–water partition coefficient (Wildman–Crippen LogP) is 9.16. The minimum Gasteiger partial charge on any atom is -0.289 e. The van der Waals surface area contributed by atoms with Crippen LogP contribution in [0.15, 0.2) is 47.1 Å². The molecule has 0 unspecified atom stereocenters. The van der Waals surface area contributed by atoms with E-state index in [-0.39, 0.29) is 11.6 Å². The molecule has 0 heterocycles. The summed E-state index contributed by atoms with van der Waals surface area (Å²) in [5, 5.41) is 0. The van der Waals surface area contributed by atoms with E-state index in [1.807, 2.05) is 12.1 Å². The smallest absolute Gasteiger partial charge is 0.190 e. The van der Waals surface area contributed by atoms with Crippen molar-refractivity contribution in [3.05, 3.63) is 58.2 Å². The van der Waals surface area contributed by atoms with Gasteiger partial charge in [0.15, 0.2) is 11.6 Å². The van der Waals surface area contributed by atoms with Crippen LogP contribution in [0.25, 0.3) is 0 Å². The van der Waals surface area contributed by atoms with Gasteiger partial charge in [-0.05, 0) is 50.9 Å². The molecule has 33 heavy (non-hydrogen) atoms. The molecule has 1 aromatic rings. The van der Waals surface area contributed by atoms with E-state index in [2.05, 4.69) is 40.7 Å². The Morgan fingerprint density at radius 2 is 1.30 bits per heavy atom. The Kier molecular flexibility index (Phi) is 11.3. The Labute approximate surface area is 202 Å². The Hall–Kier alpha value is -1.96. The first kappa shape index (κ1) is 27.3. The van der Waals surface area contributed by atoms with Gasteiger partial charge in [-0.1, -0.05) is 109 Å². The quantitative estimate of drug-likeness (QED) is 0.265. The van der Waals surface area contributed by atoms with Gasteiger partial charge >= 0.3 is 0 Å². The molecule has 0 amide bonds. The third-order valence-corrected chi connectivity index (χ3v) is 7.28. The molecule has 0 radical (unpaired) electrons. The maximum Gasteiger partial charge on any atom is 0.190 e. The average Bonchev–Trinajstić information content (AvgIpc) is 2.77. The minimum absolute atomic E-state index is 0.00526. The number of hydrogen-bond donors (Lipinski definition) is 0. The highest BCUT2D eigenvalue weighted by Gasteiger charge is 2.28. The third kappa shape index (κ3) is 8.72. The van der Waals surface area contributed by atoms with Gasteiger partial charge in [0.1, 0.15) is 0 Å². The van der Waals surface area contributed by atoms with E-state index in [1.54, 1.807) is 19.1 Å². The zero-order chi connectivity index (χ0) is 24.4. The van der Waals surface area contributed by atoms with E-state index in [0.717, 1.165) is 24.2 Å². The molecule has 1 aliphatic carbocycles. The zero-order valence-electron chi connectivity index (χ0n) is 22.0. The normalized spacial score (nSPS) is 16.4. The zero-order valence-corrected chi connectivity index (χ0v) is 22.0. The van der Waals surface area contributed by atoms with Crippen LogP contribution in [0.1, 0.15) is 126 Å². The number of ketones is 2. The largest absolute Gasteiger partial charge is 0.289 e. The molecule has 1 aromatic carbocycles. The van der Waals surface area contributed by atoms with Crippen molar-refractivity contribution >= 4 is 11.6 Å². The summed E-state index contributed by atoms with van der Waals surface area (Å²) >= 11 is 0. The van der Waals surface area contributed by atoms with Crippen LogP contribution < -0.4 is 0 Å². The number of carbonyl (C=O) groups is 2. The Morgan fingerprint density at radius 1 is 0.788 bits per heavy atom. The lowest BCUT2D eigenvalue weighted by Crippen LogP contribution is -2.20. The Balaban J connectivity index is 1.71. The molecule has 2 heteroatoms. The highest BCUT2D eigenvalue weighted by atomic mass is 16.1. The second-order valence-electron chi connectivity index (χ2n) is 10.9. The summed E-state index contributed by atoms with van der Waals surface area (Å²) in [5.74, 6) is 2.48. The van der Waals surface area contributed by atoms with Crippen LogP contribution in [0.4, 0.5) is 0 Å². The second kappa shape index (κ2) is 13.7. The number of benzene rings is 1. The lowest BCUT2D eigenvalue weighted by molar-refractivity contribution is 0.0973. The van der Waals surface area contributed by atoms with Gasteiger partial charge in [0, 0.05) is 22.3 Å². The van der Waals surface area contributed by atoms with Gasteiger partial charge < -0.3 is 0 Å². The number of carbonyl (C=O) groups excluding carboxylic acids is 2. The fraction of sp³-hybridized carbons (Fsp3) is 0.613. The van der Waals surface area contributed by atoms with Crippen LogP contribution in [0.3, 0.4) is 0 Å². The summed E-state index contributed by atoms with van der Waals surface area (Å²) in [6.45, 7) is 13.4. The molecule has 0 spiro atoms. The van der Waals surface area contributed by atoms with Crippen LogP contribution in [-0.4, -0.2) is 11.6 Å². The lowest BCUT2D eigenvalue weighted by atomic mass is 9.83. The number of Topliss-reactive ketones (excluding diaryl/α,β-unsaturated/α-hetero) is 2. The highest BCUT2D eigenvalue weighted by molar-refractivity contribution is 6.26. The van der Waals surface area contributed by atoms with Crippen LogP contribution >= 0.6 is 0 Å². The van der Waals surface area contributed by atoms with Crippen LogP contribution in [0.2, 0.25) is 0 Å². The summed E-state index contributed by atoms with van der Waals surface area (Å²) in [5.41, 5.74) is 3.68. The van der Waals surface area contributed by atoms with Gasteiger partial charge in [-0.2, -0.15) is 0 Å². The molecule has 0 aliphatic heterocycles. The maximum absolute atomic E-state index is 12.9. The molecule has 0 N–H and O–H groups in total. The average molecular weight is 451 g/mol. The van der Waals surface area contributed by atoms with Gasteiger partial charge in [-0.15, -0.1) is 0 Å². The number of allylic oxidation sites excluding steroid dienone is 4. The van der Waals surface area contributed by atoms with Crippen molar-refractivity contribution in [2.24, 2.45) is 17.8 Å². The molecule has 182 valence electrons. The molecule has 0 saturated carbocycles. The molecule has 0 fully saturated rings. The SMILES string of the molecule is CC1=C(C/C=C(\C)CCC[C@@H](C)CCC[C@H](C)CCCC(C)C)C(=O)c2ccccc2C1=O. The van der Waals surface area contributed by atoms with E-state index < -0.39 is 0 Å². The van der Waals surface area contributed by atoms with Gasteiger partial charge in [0.05, 0.1) is 0 Å². The summed E-state index contributed by atoms with van der Waals surface area (Å²) in [7, 11) is 0. The molecule has 2 rings (SSSR count). The van der Waals surface area contributed by atoms with E-state index in [4.69, 9.17) is 0 Å². The van der Waals surface area contributed by atoms with E-state index in [9.17, 15) is 9.59 Å². The first-order valence-electron chi connectivity index (χ1n) is 13.2. The fourth-order valence-electron chi connectivity index (χ4n) is 4.88. The first-order chi connectivity index (χ1) is 15.7. The van der Waals surface area contributed by atoms with Gasteiger partial charge in [-0.25, -0.2) is 0 Å².